The molecule has 0 bridgehead atoms. The number of carbonyl (C=O) groups excluding carboxylic acids is 1. The lowest BCUT2D eigenvalue weighted by atomic mass is 10.3. The predicted octanol–water partition coefficient (Wildman–Crippen LogP) is 2.42. The molecular weight excluding hydrogens is 354 g/mol. The standard InChI is InChI=1S/C18H19N3O4S/c1-21(11-15-19-12-8-10-26-17(12)18(23)20-15)16(22)7-9-25-14-6-4-3-5-13(14)24-2/h3-6,8,10H,7,9,11H2,1-2H3,(H,19,20,23). The van der Waals surface area contributed by atoms with Crippen LogP contribution in [-0.2, 0) is 11.3 Å². The molecule has 0 aliphatic rings. The lowest BCUT2D eigenvalue weighted by Crippen LogP contribution is -2.29. The van der Waals surface area contributed by atoms with E-state index < -0.39 is 0 Å². The summed E-state index contributed by atoms with van der Waals surface area (Å²) < 4.78 is 11.4. The lowest BCUT2D eigenvalue weighted by molar-refractivity contribution is -0.131. The Bertz CT molecular complexity index is 966. The van der Waals surface area contributed by atoms with Crippen molar-refractivity contribution in [3.63, 3.8) is 0 Å². The average molecular weight is 373 g/mol. The molecule has 7 nitrogen and oxygen atoms in total. The quantitative estimate of drug-likeness (QED) is 0.688. The van der Waals surface area contributed by atoms with E-state index >= 15 is 0 Å². The smallest absolute Gasteiger partial charge is 0.268 e. The van der Waals surface area contributed by atoms with Gasteiger partial charge in [0.05, 0.1) is 32.2 Å². The zero-order valence-electron chi connectivity index (χ0n) is 14.5. The highest BCUT2D eigenvalue weighted by molar-refractivity contribution is 7.17. The molecule has 0 aliphatic heterocycles. The van der Waals surface area contributed by atoms with Gasteiger partial charge in [0, 0.05) is 7.05 Å². The van der Waals surface area contributed by atoms with Crippen molar-refractivity contribution < 1.29 is 14.3 Å². The molecule has 0 saturated heterocycles. The average Bonchev–Trinajstić information content (AvgIpc) is 3.11. The number of fused-ring (bicyclic) bond motifs is 1. The topological polar surface area (TPSA) is 84.5 Å². The summed E-state index contributed by atoms with van der Waals surface area (Å²) in [6.07, 6.45) is 0.208. The van der Waals surface area contributed by atoms with Gasteiger partial charge in [-0.2, -0.15) is 0 Å². The Labute approximate surface area is 154 Å². The van der Waals surface area contributed by atoms with Crippen LogP contribution < -0.4 is 15.0 Å². The molecule has 0 spiro atoms. The van der Waals surface area contributed by atoms with Gasteiger partial charge in [0.1, 0.15) is 10.5 Å². The minimum absolute atomic E-state index is 0.104. The van der Waals surface area contributed by atoms with Crippen LogP contribution in [0.3, 0.4) is 0 Å². The fraction of sp³-hybridized carbons (Fsp3) is 0.278. The number of hydrogen-bond acceptors (Lipinski definition) is 6. The molecule has 1 N–H and O–H groups in total. The van der Waals surface area contributed by atoms with Crippen molar-refractivity contribution in [1.82, 2.24) is 14.9 Å². The summed E-state index contributed by atoms with van der Waals surface area (Å²) in [6, 6.07) is 9.07. The minimum Gasteiger partial charge on any atom is -0.493 e. The third-order valence-corrected chi connectivity index (χ3v) is 4.72. The molecule has 0 unspecified atom stereocenters. The van der Waals surface area contributed by atoms with Crippen LogP contribution >= 0.6 is 11.3 Å². The van der Waals surface area contributed by atoms with Crippen LogP contribution in [0.2, 0.25) is 0 Å². The highest BCUT2D eigenvalue weighted by Gasteiger charge is 2.13. The zero-order valence-corrected chi connectivity index (χ0v) is 15.3. The summed E-state index contributed by atoms with van der Waals surface area (Å²) in [7, 11) is 3.24. The normalized spacial score (nSPS) is 10.7. The second-order valence-electron chi connectivity index (χ2n) is 5.65. The maximum absolute atomic E-state index is 12.3. The first kappa shape index (κ1) is 17.9. The lowest BCUT2D eigenvalue weighted by Gasteiger charge is -2.17. The van der Waals surface area contributed by atoms with E-state index in [1.165, 1.54) is 16.2 Å². The zero-order chi connectivity index (χ0) is 18.5. The molecule has 1 amide bonds. The molecule has 1 aromatic carbocycles. The maximum Gasteiger partial charge on any atom is 0.268 e. The van der Waals surface area contributed by atoms with Crippen molar-refractivity contribution in [3.05, 3.63) is 51.9 Å². The first-order chi connectivity index (χ1) is 12.6. The molecule has 26 heavy (non-hydrogen) atoms. The number of thiophene rings is 1. The molecule has 0 saturated carbocycles. The number of benzene rings is 1. The highest BCUT2D eigenvalue weighted by atomic mass is 32.1. The Hall–Kier alpha value is -2.87. The largest absolute Gasteiger partial charge is 0.493 e. The number of nitrogens with one attached hydrogen (secondary N) is 1. The Morgan fingerprint density at radius 3 is 2.81 bits per heavy atom. The van der Waals surface area contributed by atoms with Gasteiger partial charge in [-0.15, -0.1) is 11.3 Å². The fourth-order valence-corrected chi connectivity index (χ4v) is 3.21. The molecule has 0 radical (unpaired) electrons. The van der Waals surface area contributed by atoms with Gasteiger partial charge >= 0.3 is 0 Å². The van der Waals surface area contributed by atoms with E-state index in [9.17, 15) is 9.59 Å². The highest BCUT2D eigenvalue weighted by Crippen LogP contribution is 2.25. The Morgan fingerprint density at radius 2 is 2.04 bits per heavy atom. The van der Waals surface area contributed by atoms with Gasteiger partial charge in [-0.1, -0.05) is 12.1 Å². The number of para-hydroxylation sites is 2. The number of aromatic nitrogens is 2. The first-order valence-electron chi connectivity index (χ1n) is 8.04. The van der Waals surface area contributed by atoms with Gasteiger partial charge in [-0.25, -0.2) is 4.98 Å². The van der Waals surface area contributed by atoms with Crippen molar-refractivity contribution in [2.45, 2.75) is 13.0 Å². The first-order valence-corrected chi connectivity index (χ1v) is 8.92. The molecular formula is C18H19N3O4S. The van der Waals surface area contributed by atoms with E-state index in [0.29, 0.717) is 27.5 Å². The van der Waals surface area contributed by atoms with Crippen LogP contribution in [0.5, 0.6) is 11.5 Å². The van der Waals surface area contributed by atoms with Gasteiger partial charge in [0.15, 0.2) is 11.5 Å². The van der Waals surface area contributed by atoms with E-state index in [1.54, 1.807) is 32.4 Å². The van der Waals surface area contributed by atoms with Crippen LogP contribution in [0.1, 0.15) is 12.2 Å². The van der Waals surface area contributed by atoms with Gasteiger partial charge < -0.3 is 19.4 Å². The number of amides is 1. The molecule has 8 heteroatoms. The van der Waals surface area contributed by atoms with Crippen molar-refractivity contribution in [3.8, 4) is 11.5 Å². The van der Waals surface area contributed by atoms with Crippen molar-refractivity contribution in [2.75, 3.05) is 20.8 Å². The summed E-state index contributed by atoms with van der Waals surface area (Å²) in [6.45, 7) is 0.464. The van der Waals surface area contributed by atoms with Gasteiger partial charge in [0.2, 0.25) is 5.91 Å². The van der Waals surface area contributed by atoms with Crippen LogP contribution in [0.4, 0.5) is 0 Å². The molecule has 2 heterocycles. The van der Waals surface area contributed by atoms with Gasteiger partial charge in [-0.05, 0) is 23.6 Å². The number of ether oxygens (including phenoxy) is 2. The number of nitrogens with zero attached hydrogens (tertiary/aromatic N) is 2. The summed E-state index contributed by atoms with van der Waals surface area (Å²) in [4.78, 5) is 32.9. The van der Waals surface area contributed by atoms with Crippen molar-refractivity contribution in [1.29, 1.82) is 0 Å². The molecule has 0 fully saturated rings. The fourth-order valence-electron chi connectivity index (χ4n) is 2.49. The summed E-state index contributed by atoms with van der Waals surface area (Å²) in [5, 5.41) is 1.82. The van der Waals surface area contributed by atoms with Crippen LogP contribution in [0, 0.1) is 0 Å². The molecule has 0 atom stereocenters. The van der Waals surface area contributed by atoms with Crippen LogP contribution in [0.15, 0.2) is 40.5 Å². The van der Waals surface area contributed by atoms with E-state index in [4.69, 9.17) is 9.47 Å². The van der Waals surface area contributed by atoms with Crippen molar-refractivity contribution >= 4 is 27.5 Å². The predicted molar refractivity (Wildman–Crippen MR) is 99.8 cm³/mol. The second kappa shape index (κ2) is 8.01. The molecule has 3 aromatic rings. The number of hydrogen-bond donors (Lipinski definition) is 1. The SMILES string of the molecule is COc1ccccc1OCCC(=O)N(C)Cc1nc2ccsc2c(=O)[nH]1. The number of aromatic amines is 1. The van der Waals surface area contributed by atoms with Crippen LogP contribution in [0.25, 0.3) is 10.2 Å². The third kappa shape index (κ3) is 4.02. The number of rotatable bonds is 7. The van der Waals surface area contributed by atoms with Gasteiger partial charge in [0.25, 0.3) is 5.56 Å². The summed E-state index contributed by atoms with van der Waals surface area (Å²) in [5.74, 6) is 1.58. The maximum atomic E-state index is 12.3. The monoisotopic (exact) mass is 373 g/mol. The second-order valence-corrected chi connectivity index (χ2v) is 6.56. The molecule has 136 valence electrons. The summed E-state index contributed by atoms with van der Waals surface area (Å²) in [5.41, 5.74) is 0.467. The molecule has 3 rings (SSSR count). The number of carbonyl (C=O) groups is 1. The molecule has 2 aromatic heterocycles. The van der Waals surface area contributed by atoms with E-state index in [0.717, 1.165) is 0 Å². The molecule has 0 aliphatic carbocycles. The Morgan fingerprint density at radius 1 is 1.27 bits per heavy atom. The number of H-pyrrole nitrogens is 1. The Balaban J connectivity index is 1.56. The van der Waals surface area contributed by atoms with E-state index in [2.05, 4.69) is 9.97 Å². The third-order valence-electron chi connectivity index (χ3n) is 3.82. The van der Waals surface area contributed by atoms with Crippen molar-refractivity contribution in [2.24, 2.45) is 0 Å². The van der Waals surface area contributed by atoms with Crippen LogP contribution in [-0.4, -0.2) is 41.5 Å². The van der Waals surface area contributed by atoms with Gasteiger partial charge in [-0.3, -0.25) is 9.59 Å². The van der Waals surface area contributed by atoms with E-state index in [-0.39, 0.29) is 31.0 Å². The van der Waals surface area contributed by atoms with E-state index in [1.807, 2.05) is 17.5 Å². The summed E-state index contributed by atoms with van der Waals surface area (Å²) >= 11 is 1.35. The number of methoxy groups -OCH3 is 1. The minimum atomic E-state index is -0.180. The Kier molecular flexibility index (Phi) is 5.52.